The number of thioether (sulfide) groups is 1. The SMILES string of the molecule is CSCCC(NC(C)=O)C(=O)NCc1nnc2ccc(N3CCCC3)nn12. The molecule has 27 heavy (non-hydrogen) atoms. The number of aromatic nitrogens is 4. The van der Waals surface area contributed by atoms with Crippen LogP contribution in [0.3, 0.4) is 0 Å². The van der Waals surface area contributed by atoms with Gasteiger partial charge in [0.15, 0.2) is 11.5 Å². The van der Waals surface area contributed by atoms with Crippen LogP contribution in [0.2, 0.25) is 0 Å². The Labute approximate surface area is 162 Å². The molecule has 2 N–H and O–H groups in total. The van der Waals surface area contributed by atoms with Gasteiger partial charge < -0.3 is 15.5 Å². The normalized spacial score (nSPS) is 15.1. The van der Waals surface area contributed by atoms with Crippen LogP contribution < -0.4 is 15.5 Å². The highest BCUT2D eigenvalue weighted by atomic mass is 32.2. The second-order valence-electron chi connectivity index (χ2n) is 6.52. The van der Waals surface area contributed by atoms with Crippen LogP contribution in [-0.4, -0.2) is 62.8 Å². The fourth-order valence-electron chi connectivity index (χ4n) is 3.09. The van der Waals surface area contributed by atoms with Gasteiger partial charge in [-0.05, 0) is 43.4 Å². The third kappa shape index (κ3) is 4.88. The van der Waals surface area contributed by atoms with Crippen molar-refractivity contribution in [2.45, 2.75) is 38.8 Å². The van der Waals surface area contributed by atoms with Gasteiger partial charge in [0.25, 0.3) is 0 Å². The summed E-state index contributed by atoms with van der Waals surface area (Å²) < 4.78 is 1.67. The first kappa shape index (κ1) is 19.4. The summed E-state index contributed by atoms with van der Waals surface area (Å²) >= 11 is 1.63. The third-order valence-electron chi connectivity index (χ3n) is 4.47. The molecule has 2 amide bonds. The van der Waals surface area contributed by atoms with E-state index in [2.05, 4.69) is 30.8 Å². The van der Waals surface area contributed by atoms with Crippen molar-refractivity contribution in [3.63, 3.8) is 0 Å². The second-order valence-corrected chi connectivity index (χ2v) is 7.51. The van der Waals surface area contributed by atoms with Crippen molar-refractivity contribution in [3.8, 4) is 0 Å². The van der Waals surface area contributed by atoms with E-state index in [1.165, 1.54) is 19.8 Å². The standard InChI is InChI=1S/C17H25N7O2S/c1-12(25)19-13(7-10-27-2)17(26)18-11-16-21-20-14-5-6-15(22-24(14)16)23-8-3-4-9-23/h5-6,13H,3-4,7-11H2,1-2H3,(H,18,26)(H,19,25). The number of fused-ring (bicyclic) bond motifs is 1. The summed E-state index contributed by atoms with van der Waals surface area (Å²) in [5.41, 5.74) is 0.642. The lowest BCUT2D eigenvalue weighted by molar-refractivity contribution is -0.128. The Balaban J connectivity index is 1.68. The average Bonchev–Trinajstić information content (AvgIpc) is 3.32. The van der Waals surface area contributed by atoms with Gasteiger partial charge in [-0.3, -0.25) is 9.59 Å². The van der Waals surface area contributed by atoms with Gasteiger partial charge in [0, 0.05) is 20.0 Å². The molecule has 0 radical (unpaired) electrons. The van der Waals surface area contributed by atoms with Gasteiger partial charge in [0.1, 0.15) is 11.9 Å². The number of carbonyl (C=O) groups excluding carboxylic acids is 2. The molecule has 10 heteroatoms. The molecule has 146 valence electrons. The molecule has 1 fully saturated rings. The van der Waals surface area contributed by atoms with Gasteiger partial charge in [-0.25, -0.2) is 0 Å². The minimum Gasteiger partial charge on any atom is -0.355 e. The molecule has 0 saturated carbocycles. The number of rotatable bonds is 8. The molecule has 1 unspecified atom stereocenters. The third-order valence-corrected chi connectivity index (χ3v) is 5.11. The zero-order valence-electron chi connectivity index (χ0n) is 15.6. The Kier molecular flexibility index (Phi) is 6.49. The van der Waals surface area contributed by atoms with E-state index in [9.17, 15) is 9.59 Å². The summed E-state index contributed by atoms with van der Waals surface area (Å²) in [6, 6.07) is 3.28. The number of amides is 2. The molecular formula is C17H25N7O2S. The van der Waals surface area contributed by atoms with Crippen LogP contribution in [0.5, 0.6) is 0 Å². The summed E-state index contributed by atoms with van der Waals surface area (Å²) in [4.78, 5) is 26.1. The first-order valence-electron chi connectivity index (χ1n) is 9.08. The number of nitrogens with one attached hydrogen (secondary N) is 2. The molecule has 0 spiro atoms. The predicted molar refractivity (Wildman–Crippen MR) is 105 cm³/mol. The van der Waals surface area contributed by atoms with Crippen molar-refractivity contribution in [3.05, 3.63) is 18.0 Å². The Bertz CT molecular complexity index is 804. The first-order valence-corrected chi connectivity index (χ1v) is 10.5. The molecule has 9 nitrogen and oxygen atoms in total. The smallest absolute Gasteiger partial charge is 0.242 e. The number of hydrogen-bond acceptors (Lipinski definition) is 7. The van der Waals surface area contributed by atoms with Crippen LogP contribution in [0.15, 0.2) is 12.1 Å². The molecule has 1 aliphatic rings. The highest BCUT2D eigenvalue weighted by molar-refractivity contribution is 7.98. The Morgan fingerprint density at radius 2 is 2.04 bits per heavy atom. The largest absolute Gasteiger partial charge is 0.355 e. The zero-order chi connectivity index (χ0) is 19.2. The van der Waals surface area contributed by atoms with Crippen LogP contribution in [0.25, 0.3) is 5.65 Å². The van der Waals surface area contributed by atoms with E-state index in [1.54, 1.807) is 16.3 Å². The monoisotopic (exact) mass is 391 g/mol. The molecule has 3 rings (SSSR count). The zero-order valence-corrected chi connectivity index (χ0v) is 16.5. The number of nitrogens with zero attached hydrogens (tertiary/aromatic N) is 5. The quantitative estimate of drug-likeness (QED) is 0.679. The number of carbonyl (C=O) groups is 2. The lowest BCUT2D eigenvalue weighted by atomic mass is 10.2. The van der Waals surface area contributed by atoms with Crippen LogP contribution in [0, 0.1) is 0 Å². The molecule has 2 aromatic heterocycles. The summed E-state index contributed by atoms with van der Waals surface area (Å²) in [5.74, 6) is 1.79. The molecule has 0 aromatic carbocycles. The maximum Gasteiger partial charge on any atom is 0.242 e. The van der Waals surface area contributed by atoms with E-state index >= 15 is 0 Å². The van der Waals surface area contributed by atoms with Gasteiger partial charge in [0.05, 0.1) is 6.54 Å². The van der Waals surface area contributed by atoms with Gasteiger partial charge in [0.2, 0.25) is 11.8 Å². The van der Waals surface area contributed by atoms with E-state index in [0.717, 1.165) is 24.7 Å². The molecule has 0 bridgehead atoms. The molecule has 2 aromatic rings. The van der Waals surface area contributed by atoms with E-state index in [0.29, 0.717) is 17.9 Å². The lowest BCUT2D eigenvalue weighted by Gasteiger charge is -2.17. The lowest BCUT2D eigenvalue weighted by Crippen LogP contribution is -2.46. The summed E-state index contributed by atoms with van der Waals surface area (Å²) in [7, 11) is 0. The molecular weight excluding hydrogens is 366 g/mol. The first-order chi connectivity index (χ1) is 13.1. The molecule has 0 aliphatic carbocycles. The number of anilines is 1. The summed E-state index contributed by atoms with van der Waals surface area (Å²) in [6.07, 6.45) is 4.88. The van der Waals surface area contributed by atoms with Crippen LogP contribution in [0.4, 0.5) is 5.82 Å². The molecule has 1 aliphatic heterocycles. The van der Waals surface area contributed by atoms with Gasteiger partial charge in [-0.1, -0.05) is 0 Å². The Morgan fingerprint density at radius 1 is 1.26 bits per heavy atom. The minimum absolute atomic E-state index is 0.200. The summed E-state index contributed by atoms with van der Waals surface area (Å²) in [6.45, 7) is 3.61. The summed E-state index contributed by atoms with van der Waals surface area (Å²) in [5, 5.41) is 18.4. The van der Waals surface area contributed by atoms with Gasteiger partial charge in [-0.2, -0.15) is 16.3 Å². The van der Waals surface area contributed by atoms with Gasteiger partial charge in [-0.15, -0.1) is 15.3 Å². The van der Waals surface area contributed by atoms with E-state index in [-0.39, 0.29) is 18.4 Å². The number of hydrogen-bond donors (Lipinski definition) is 2. The average molecular weight is 392 g/mol. The van der Waals surface area contributed by atoms with Crippen molar-refractivity contribution in [2.24, 2.45) is 0 Å². The van der Waals surface area contributed by atoms with Gasteiger partial charge >= 0.3 is 0 Å². The maximum absolute atomic E-state index is 12.5. The minimum atomic E-state index is -0.553. The van der Waals surface area contributed by atoms with Crippen LogP contribution in [-0.2, 0) is 16.1 Å². The van der Waals surface area contributed by atoms with Crippen molar-refractivity contribution >= 4 is 35.0 Å². The predicted octanol–water partition coefficient (Wildman–Crippen LogP) is 0.599. The maximum atomic E-state index is 12.5. The van der Waals surface area contributed by atoms with E-state index < -0.39 is 6.04 Å². The van der Waals surface area contributed by atoms with Crippen LogP contribution in [0.1, 0.15) is 32.0 Å². The topological polar surface area (TPSA) is 105 Å². The molecule has 1 saturated heterocycles. The molecule has 3 heterocycles. The van der Waals surface area contributed by atoms with Crippen molar-refractivity contribution < 1.29 is 9.59 Å². The fraction of sp³-hybridized carbons (Fsp3) is 0.588. The van der Waals surface area contributed by atoms with Crippen LogP contribution >= 0.6 is 11.8 Å². The van der Waals surface area contributed by atoms with Crippen molar-refractivity contribution in [1.29, 1.82) is 0 Å². The highest BCUT2D eigenvalue weighted by Crippen LogP contribution is 2.18. The Hall–Kier alpha value is -2.36. The highest BCUT2D eigenvalue weighted by Gasteiger charge is 2.20. The van der Waals surface area contributed by atoms with E-state index in [4.69, 9.17) is 0 Å². The van der Waals surface area contributed by atoms with Crippen molar-refractivity contribution in [1.82, 2.24) is 30.4 Å². The van der Waals surface area contributed by atoms with Crippen molar-refractivity contribution in [2.75, 3.05) is 30.0 Å². The second kappa shape index (κ2) is 9.03. The fourth-order valence-corrected chi connectivity index (χ4v) is 3.56. The van der Waals surface area contributed by atoms with E-state index in [1.807, 2.05) is 18.4 Å². The Morgan fingerprint density at radius 3 is 2.74 bits per heavy atom. The molecule has 1 atom stereocenters.